The third-order valence-electron chi connectivity index (χ3n) is 2.24. The van der Waals surface area contributed by atoms with Gasteiger partial charge in [0.05, 0.1) is 13.7 Å². The molecule has 1 fully saturated rings. The Hall–Kier alpha value is -1.02. The number of hydrogen-bond acceptors (Lipinski definition) is 4. The van der Waals surface area contributed by atoms with E-state index >= 15 is 0 Å². The van der Waals surface area contributed by atoms with Crippen molar-refractivity contribution >= 4 is 16.0 Å². The molecule has 1 saturated heterocycles. The summed E-state index contributed by atoms with van der Waals surface area (Å²) in [5.41, 5.74) is 0. The van der Waals surface area contributed by atoms with Crippen molar-refractivity contribution in [1.29, 1.82) is 0 Å². The van der Waals surface area contributed by atoms with E-state index in [9.17, 15) is 22.0 Å². The normalized spacial score (nSPS) is 25.3. The average molecular weight is 255 g/mol. The fourth-order valence-electron chi connectivity index (χ4n) is 1.49. The standard InChI is InChI=1S/C8H11F2NO4S/c1-3-16(13,14)11-5-8(9,10)4-6(11)7(12)15-2/h3,6H,1,4-5H2,2H3/t6-/m1/s1. The largest absolute Gasteiger partial charge is 0.468 e. The molecule has 1 aliphatic rings. The number of methoxy groups -OCH3 is 1. The summed E-state index contributed by atoms with van der Waals surface area (Å²) in [6.45, 7) is 1.99. The van der Waals surface area contributed by atoms with Crippen molar-refractivity contribution in [2.24, 2.45) is 0 Å². The van der Waals surface area contributed by atoms with E-state index in [1.165, 1.54) is 0 Å². The van der Waals surface area contributed by atoms with Crippen molar-refractivity contribution < 1.29 is 26.7 Å². The van der Waals surface area contributed by atoms with Crippen LogP contribution in [0.2, 0.25) is 0 Å². The van der Waals surface area contributed by atoms with Crippen LogP contribution in [0.4, 0.5) is 8.78 Å². The first kappa shape index (κ1) is 13.0. The lowest BCUT2D eigenvalue weighted by molar-refractivity contribution is -0.144. The Kier molecular flexibility index (Phi) is 3.34. The van der Waals surface area contributed by atoms with Crippen molar-refractivity contribution in [1.82, 2.24) is 4.31 Å². The van der Waals surface area contributed by atoms with Crippen molar-refractivity contribution in [2.45, 2.75) is 18.4 Å². The molecule has 5 nitrogen and oxygen atoms in total. The zero-order valence-corrected chi connectivity index (χ0v) is 9.34. The van der Waals surface area contributed by atoms with Crippen LogP contribution in [-0.2, 0) is 19.6 Å². The molecule has 0 N–H and O–H groups in total. The van der Waals surface area contributed by atoms with Gasteiger partial charge < -0.3 is 4.74 Å². The lowest BCUT2D eigenvalue weighted by Crippen LogP contribution is -2.40. The Morgan fingerprint density at radius 1 is 1.62 bits per heavy atom. The number of carbonyl (C=O) groups excluding carboxylic acids is 1. The second kappa shape index (κ2) is 4.10. The topological polar surface area (TPSA) is 63.7 Å². The predicted octanol–water partition coefficient (Wildman–Crippen LogP) is 0.342. The maximum atomic E-state index is 13.1. The van der Waals surface area contributed by atoms with Gasteiger partial charge in [0.25, 0.3) is 5.92 Å². The number of sulfonamides is 1. The number of nitrogens with zero attached hydrogens (tertiary/aromatic N) is 1. The molecule has 1 heterocycles. The summed E-state index contributed by atoms with van der Waals surface area (Å²) in [5, 5.41) is 0.532. The SMILES string of the molecule is C=CS(=O)(=O)N1CC(F)(F)C[C@@H]1C(=O)OC. The molecular formula is C8H11F2NO4S. The van der Waals surface area contributed by atoms with Gasteiger partial charge in [-0.2, -0.15) is 4.31 Å². The van der Waals surface area contributed by atoms with Gasteiger partial charge in [0, 0.05) is 11.8 Å². The second-order valence-electron chi connectivity index (χ2n) is 3.36. The van der Waals surface area contributed by atoms with Gasteiger partial charge >= 0.3 is 5.97 Å². The van der Waals surface area contributed by atoms with Crippen LogP contribution in [0.25, 0.3) is 0 Å². The highest BCUT2D eigenvalue weighted by molar-refractivity contribution is 7.92. The fraction of sp³-hybridized carbons (Fsp3) is 0.625. The van der Waals surface area contributed by atoms with Crippen molar-refractivity contribution in [2.75, 3.05) is 13.7 Å². The predicted molar refractivity (Wildman–Crippen MR) is 51.2 cm³/mol. The Morgan fingerprint density at radius 3 is 2.62 bits per heavy atom. The van der Waals surface area contributed by atoms with Crippen molar-refractivity contribution in [3.8, 4) is 0 Å². The van der Waals surface area contributed by atoms with Crippen LogP contribution < -0.4 is 0 Å². The van der Waals surface area contributed by atoms with Gasteiger partial charge in [-0.05, 0) is 0 Å². The molecule has 1 rings (SSSR count). The highest BCUT2D eigenvalue weighted by Crippen LogP contribution is 2.34. The van der Waals surface area contributed by atoms with Crippen LogP contribution >= 0.6 is 0 Å². The Labute approximate surface area is 91.7 Å². The third-order valence-corrected chi connectivity index (χ3v) is 3.70. The van der Waals surface area contributed by atoms with Crippen LogP contribution in [-0.4, -0.2) is 44.3 Å². The number of halogens is 2. The van der Waals surface area contributed by atoms with E-state index in [0.717, 1.165) is 7.11 Å². The van der Waals surface area contributed by atoms with E-state index in [-0.39, 0.29) is 0 Å². The summed E-state index contributed by atoms with van der Waals surface area (Å²) >= 11 is 0. The molecule has 16 heavy (non-hydrogen) atoms. The quantitative estimate of drug-likeness (QED) is 0.682. The number of hydrogen-bond donors (Lipinski definition) is 0. The summed E-state index contributed by atoms with van der Waals surface area (Å²) in [7, 11) is -3.05. The minimum atomic E-state index is -4.06. The Morgan fingerprint density at radius 2 is 2.19 bits per heavy atom. The molecule has 0 unspecified atom stereocenters. The lowest BCUT2D eigenvalue weighted by Gasteiger charge is -2.18. The van der Waals surface area contributed by atoms with Crippen LogP contribution in [0, 0.1) is 0 Å². The minimum absolute atomic E-state index is 0.409. The molecule has 0 bridgehead atoms. The van der Waals surface area contributed by atoms with Crippen LogP contribution in [0.1, 0.15) is 6.42 Å². The molecular weight excluding hydrogens is 244 g/mol. The molecule has 0 saturated carbocycles. The van der Waals surface area contributed by atoms with E-state index in [1.54, 1.807) is 0 Å². The number of alkyl halides is 2. The first-order chi connectivity index (χ1) is 7.23. The first-order valence-electron chi connectivity index (χ1n) is 4.33. The molecule has 0 aromatic rings. The van der Waals surface area contributed by atoms with Gasteiger partial charge in [-0.15, -0.1) is 0 Å². The van der Waals surface area contributed by atoms with E-state index < -0.39 is 40.9 Å². The summed E-state index contributed by atoms with van der Waals surface area (Å²) in [6, 6.07) is -1.48. The summed E-state index contributed by atoms with van der Waals surface area (Å²) in [4.78, 5) is 11.2. The molecule has 0 spiro atoms. The van der Waals surface area contributed by atoms with Gasteiger partial charge in [0.2, 0.25) is 10.0 Å². The van der Waals surface area contributed by atoms with E-state index in [1.807, 2.05) is 0 Å². The van der Waals surface area contributed by atoms with E-state index in [2.05, 4.69) is 11.3 Å². The monoisotopic (exact) mass is 255 g/mol. The molecule has 92 valence electrons. The number of rotatable bonds is 3. The Bertz CT molecular complexity index is 406. The summed E-state index contributed by atoms with van der Waals surface area (Å²) in [5.74, 6) is -4.22. The van der Waals surface area contributed by atoms with Crippen molar-refractivity contribution in [3.63, 3.8) is 0 Å². The molecule has 0 amide bonds. The lowest BCUT2D eigenvalue weighted by atomic mass is 10.2. The van der Waals surface area contributed by atoms with Crippen molar-refractivity contribution in [3.05, 3.63) is 12.0 Å². The zero-order valence-electron chi connectivity index (χ0n) is 8.52. The molecule has 8 heteroatoms. The third kappa shape index (κ3) is 2.38. The number of esters is 1. The molecule has 0 aromatic carbocycles. The zero-order chi connectivity index (χ0) is 12.6. The van der Waals surface area contributed by atoms with Crippen LogP contribution in [0.5, 0.6) is 0 Å². The van der Waals surface area contributed by atoms with Crippen LogP contribution in [0.3, 0.4) is 0 Å². The fourth-order valence-corrected chi connectivity index (χ4v) is 2.56. The molecule has 0 aliphatic carbocycles. The highest BCUT2D eigenvalue weighted by Gasteiger charge is 2.52. The van der Waals surface area contributed by atoms with Gasteiger partial charge in [-0.25, -0.2) is 17.2 Å². The molecule has 1 atom stereocenters. The number of ether oxygens (including phenoxy) is 1. The molecule has 0 aromatic heterocycles. The smallest absolute Gasteiger partial charge is 0.324 e. The maximum absolute atomic E-state index is 13.1. The van der Waals surface area contributed by atoms with E-state index in [0.29, 0.717) is 9.71 Å². The van der Waals surface area contributed by atoms with E-state index in [4.69, 9.17) is 0 Å². The number of carbonyl (C=O) groups is 1. The van der Waals surface area contributed by atoms with Gasteiger partial charge in [-0.3, -0.25) is 4.79 Å². The highest BCUT2D eigenvalue weighted by atomic mass is 32.2. The van der Waals surface area contributed by atoms with Gasteiger partial charge in [-0.1, -0.05) is 6.58 Å². The maximum Gasteiger partial charge on any atom is 0.324 e. The van der Waals surface area contributed by atoms with Gasteiger partial charge in [0.15, 0.2) is 0 Å². The van der Waals surface area contributed by atoms with Gasteiger partial charge in [0.1, 0.15) is 6.04 Å². The minimum Gasteiger partial charge on any atom is -0.468 e. The summed E-state index contributed by atoms with van der Waals surface area (Å²) < 4.78 is 53.6. The average Bonchev–Trinajstić information content (AvgIpc) is 2.54. The molecule has 0 radical (unpaired) electrons. The Balaban J connectivity index is 3.07. The van der Waals surface area contributed by atoms with Crippen LogP contribution in [0.15, 0.2) is 12.0 Å². The second-order valence-corrected chi connectivity index (χ2v) is 5.19. The summed E-state index contributed by atoms with van der Waals surface area (Å²) in [6.07, 6.45) is -0.868. The molecule has 1 aliphatic heterocycles. The first-order valence-corrected chi connectivity index (χ1v) is 5.84.